The Morgan fingerprint density at radius 3 is 2.69 bits per heavy atom. The van der Waals surface area contributed by atoms with Crippen LogP contribution in [0.25, 0.3) is 11.3 Å². The van der Waals surface area contributed by atoms with E-state index >= 15 is 0 Å². The number of nitrogens with two attached hydrogens (primary N) is 1. The van der Waals surface area contributed by atoms with Crippen LogP contribution < -0.4 is 24.7 Å². The number of hydrogen-bond donors (Lipinski definition) is 2. The zero-order valence-electron chi connectivity index (χ0n) is 18.8. The lowest BCUT2D eigenvalue weighted by Crippen LogP contribution is -2.21. The monoisotopic (exact) mass is 482 g/mol. The maximum atomic E-state index is 13.9. The first-order valence-electron chi connectivity index (χ1n) is 11.1. The molecule has 0 amide bonds. The summed E-state index contributed by atoms with van der Waals surface area (Å²) in [6.07, 6.45) is 0. The number of nitriles is 1. The Morgan fingerprint density at radius 2 is 1.89 bits per heavy atom. The lowest BCUT2D eigenvalue weighted by atomic mass is 9.83. The van der Waals surface area contributed by atoms with Crippen LogP contribution >= 0.6 is 0 Å². The number of rotatable bonds is 5. The van der Waals surface area contributed by atoms with Crippen LogP contribution in [-0.2, 0) is 6.61 Å². The molecule has 0 spiro atoms. The van der Waals surface area contributed by atoms with Crippen molar-refractivity contribution >= 4 is 0 Å². The summed E-state index contributed by atoms with van der Waals surface area (Å²) in [6.45, 7) is 0.258. The molecule has 0 unspecified atom stereocenters. The van der Waals surface area contributed by atoms with Gasteiger partial charge in [0.15, 0.2) is 11.5 Å². The zero-order chi connectivity index (χ0) is 24.6. The van der Waals surface area contributed by atoms with E-state index in [0.29, 0.717) is 39.9 Å². The molecule has 8 nitrogen and oxygen atoms in total. The highest BCUT2D eigenvalue weighted by Crippen LogP contribution is 2.47. The van der Waals surface area contributed by atoms with Gasteiger partial charge in [-0.25, -0.2) is 4.39 Å². The van der Waals surface area contributed by atoms with E-state index in [1.54, 1.807) is 30.3 Å². The van der Waals surface area contributed by atoms with Crippen molar-refractivity contribution in [2.45, 2.75) is 12.5 Å². The van der Waals surface area contributed by atoms with E-state index in [1.807, 2.05) is 30.3 Å². The molecule has 3 heterocycles. The number of aromatic amines is 1. The molecule has 1 atom stereocenters. The summed E-state index contributed by atoms with van der Waals surface area (Å²) >= 11 is 0. The van der Waals surface area contributed by atoms with E-state index in [1.165, 1.54) is 6.07 Å². The van der Waals surface area contributed by atoms with Crippen molar-refractivity contribution in [2.24, 2.45) is 5.73 Å². The Kier molecular flexibility index (Phi) is 5.19. The third-order valence-electron chi connectivity index (χ3n) is 6.17. The van der Waals surface area contributed by atoms with Gasteiger partial charge in [-0.1, -0.05) is 30.3 Å². The van der Waals surface area contributed by atoms with Gasteiger partial charge in [0.1, 0.15) is 29.8 Å². The first-order chi connectivity index (χ1) is 17.6. The normalized spacial score (nSPS) is 15.7. The van der Waals surface area contributed by atoms with Crippen molar-refractivity contribution in [2.75, 3.05) is 6.79 Å². The first kappa shape index (κ1) is 21.6. The molecule has 0 saturated heterocycles. The van der Waals surface area contributed by atoms with Crippen molar-refractivity contribution < 1.29 is 23.3 Å². The van der Waals surface area contributed by atoms with Gasteiger partial charge in [0.05, 0.1) is 17.2 Å². The van der Waals surface area contributed by atoms with Crippen molar-refractivity contribution in [3.8, 4) is 40.5 Å². The van der Waals surface area contributed by atoms with Crippen molar-refractivity contribution in [3.05, 3.63) is 101 Å². The number of hydrogen-bond acceptors (Lipinski definition) is 7. The van der Waals surface area contributed by atoms with Crippen molar-refractivity contribution in [1.29, 1.82) is 5.26 Å². The molecule has 0 saturated carbocycles. The van der Waals surface area contributed by atoms with Crippen LogP contribution in [0.2, 0.25) is 0 Å². The minimum Gasteiger partial charge on any atom is -0.489 e. The molecule has 0 bridgehead atoms. The first-order valence-corrected chi connectivity index (χ1v) is 11.1. The number of fused-ring (bicyclic) bond motifs is 2. The molecule has 6 rings (SSSR count). The standard InChI is InChI=1S/C27H19FN4O4/c28-20-4-2-1-3-17(20)13-33-18-8-5-15(6-9-18)23-19(12-29)26(30)36-27-24(23)25(31-32-27)16-7-10-21-22(11-16)35-14-34-21/h1-11,23H,13-14,30H2,(H,31,32)/t23-/m1/s1. The second-order valence-electron chi connectivity index (χ2n) is 8.26. The third-order valence-corrected chi connectivity index (χ3v) is 6.17. The van der Waals surface area contributed by atoms with Crippen LogP contribution in [0.5, 0.6) is 23.1 Å². The van der Waals surface area contributed by atoms with E-state index in [0.717, 1.165) is 11.1 Å². The Labute approximate surface area is 205 Å². The summed E-state index contributed by atoms with van der Waals surface area (Å²) in [5, 5.41) is 17.3. The molecule has 36 heavy (non-hydrogen) atoms. The number of H-pyrrole nitrogens is 1. The quantitative estimate of drug-likeness (QED) is 0.422. The van der Waals surface area contributed by atoms with Crippen LogP contribution in [-0.4, -0.2) is 17.0 Å². The number of aromatic nitrogens is 2. The summed E-state index contributed by atoms with van der Waals surface area (Å²) in [4.78, 5) is 0. The van der Waals surface area contributed by atoms with Crippen LogP contribution in [0.15, 0.2) is 78.2 Å². The maximum Gasteiger partial charge on any atom is 0.244 e. The van der Waals surface area contributed by atoms with Gasteiger partial charge in [0, 0.05) is 11.1 Å². The van der Waals surface area contributed by atoms with Gasteiger partial charge in [-0.15, -0.1) is 5.10 Å². The number of ether oxygens (including phenoxy) is 4. The molecule has 4 aromatic rings. The largest absolute Gasteiger partial charge is 0.489 e. The molecule has 0 fully saturated rings. The van der Waals surface area contributed by atoms with Crippen LogP contribution in [0.4, 0.5) is 4.39 Å². The minimum atomic E-state index is -0.529. The van der Waals surface area contributed by atoms with Crippen molar-refractivity contribution in [3.63, 3.8) is 0 Å². The van der Waals surface area contributed by atoms with Gasteiger partial charge >= 0.3 is 0 Å². The Bertz CT molecular complexity index is 1540. The highest BCUT2D eigenvalue weighted by atomic mass is 19.1. The van der Waals surface area contributed by atoms with E-state index in [9.17, 15) is 9.65 Å². The van der Waals surface area contributed by atoms with E-state index in [2.05, 4.69) is 16.3 Å². The number of halogens is 1. The SMILES string of the molecule is N#CC1=C(N)Oc2n[nH]c(-c3ccc4c(c3)OCO4)c2[C@@H]1c1ccc(OCc2ccccc2F)cc1. The fourth-order valence-corrected chi connectivity index (χ4v) is 4.38. The predicted molar refractivity (Wildman–Crippen MR) is 127 cm³/mol. The fraction of sp³-hybridized carbons (Fsp3) is 0.111. The highest BCUT2D eigenvalue weighted by molar-refractivity contribution is 5.73. The molecule has 1 aromatic heterocycles. The maximum absolute atomic E-state index is 13.9. The molecule has 0 aliphatic carbocycles. The summed E-state index contributed by atoms with van der Waals surface area (Å²) in [6, 6.07) is 21.4. The topological polar surface area (TPSA) is 115 Å². The molecule has 2 aliphatic heterocycles. The Morgan fingerprint density at radius 1 is 1.08 bits per heavy atom. The zero-order valence-corrected chi connectivity index (χ0v) is 18.8. The second kappa shape index (κ2) is 8.67. The summed E-state index contributed by atoms with van der Waals surface area (Å²) in [7, 11) is 0. The second-order valence-corrected chi connectivity index (χ2v) is 8.26. The van der Waals surface area contributed by atoms with Crippen molar-refractivity contribution in [1.82, 2.24) is 10.2 Å². The molecule has 3 aromatic carbocycles. The smallest absolute Gasteiger partial charge is 0.244 e. The molecular formula is C27H19FN4O4. The highest BCUT2D eigenvalue weighted by Gasteiger charge is 2.36. The van der Waals surface area contributed by atoms with Crippen LogP contribution in [0, 0.1) is 17.1 Å². The average molecular weight is 482 g/mol. The summed E-state index contributed by atoms with van der Waals surface area (Å²) < 4.78 is 36.3. The Balaban J connectivity index is 1.35. The summed E-state index contributed by atoms with van der Waals surface area (Å²) in [5.41, 5.74) is 9.77. The van der Waals surface area contributed by atoms with Gasteiger partial charge in [-0.3, -0.25) is 5.10 Å². The molecule has 178 valence electrons. The number of nitrogens with zero attached hydrogens (tertiary/aromatic N) is 2. The lowest BCUT2D eigenvalue weighted by molar-refractivity contribution is 0.174. The van der Waals surface area contributed by atoms with E-state index in [-0.39, 0.29) is 30.7 Å². The number of nitrogens with one attached hydrogen (secondary N) is 1. The van der Waals surface area contributed by atoms with Gasteiger partial charge in [0.2, 0.25) is 18.6 Å². The van der Waals surface area contributed by atoms with Crippen LogP contribution in [0.3, 0.4) is 0 Å². The molecule has 2 aliphatic rings. The number of allylic oxidation sites excluding steroid dienone is 1. The fourth-order valence-electron chi connectivity index (χ4n) is 4.38. The minimum absolute atomic E-state index is 0.00128. The predicted octanol–water partition coefficient (Wildman–Crippen LogP) is 4.74. The van der Waals surface area contributed by atoms with E-state index < -0.39 is 5.92 Å². The van der Waals surface area contributed by atoms with Gasteiger partial charge in [-0.2, -0.15) is 5.26 Å². The third kappa shape index (κ3) is 3.65. The molecular weight excluding hydrogens is 463 g/mol. The summed E-state index contributed by atoms with van der Waals surface area (Å²) in [5.74, 6) is 1.29. The van der Waals surface area contributed by atoms with Gasteiger partial charge < -0.3 is 24.7 Å². The average Bonchev–Trinajstić information content (AvgIpc) is 3.54. The van der Waals surface area contributed by atoms with Gasteiger partial charge in [-0.05, 0) is 42.0 Å². The Hall–Kier alpha value is -4.97. The molecule has 9 heteroatoms. The van der Waals surface area contributed by atoms with Crippen LogP contribution in [0.1, 0.15) is 22.6 Å². The lowest BCUT2D eigenvalue weighted by Gasteiger charge is -2.24. The number of benzene rings is 3. The molecule has 0 radical (unpaired) electrons. The van der Waals surface area contributed by atoms with Gasteiger partial charge in [0.25, 0.3) is 0 Å². The van der Waals surface area contributed by atoms with E-state index in [4.69, 9.17) is 24.7 Å². The molecule has 3 N–H and O–H groups in total.